The van der Waals surface area contributed by atoms with E-state index in [1.165, 1.54) is 6.33 Å². The highest BCUT2D eigenvalue weighted by molar-refractivity contribution is 5.72. The molecule has 0 saturated heterocycles. The van der Waals surface area contributed by atoms with E-state index in [4.69, 9.17) is 5.73 Å². The van der Waals surface area contributed by atoms with Crippen LogP contribution in [0.3, 0.4) is 0 Å². The molecule has 2 aromatic rings. The summed E-state index contributed by atoms with van der Waals surface area (Å²) in [5.41, 5.74) is 7.03. The zero-order valence-corrected chi connectivity index (χ0v) is 6.02. The topological polar surface area (TPSA) is 69.6 Å². The smallest absolute Gasteiger partial charge is 0.202 e. The Balaban J connectivity index is 2.92. The van der Waals surface area contributed by atoms with Crippen LogP contribution in [0.4, 0.5) is 5.95 Å². The molecule has 0 saturated carbocycles. The Morgan fingerprint density at radius 2 is 2.36 bits per heavy atom. The van der Waals surface area contributed by atoms with Crippen LogP contribution >= 0.6 is 0 Å². The van der Waals surface area contributed by atoms with E-state index in [1.807, 2.05) is 7.05 Å². The van der Waals surface area contributed by atoms with Gasteiger partial charge in [-0.25, -0.2) is 9.97 Å². The second-order valence-corrected chi connectivity index (χ2v) is 2.26. The first-order valence-corrected chi connectivity index (χ1v) is 3.17. The molecule has 0 aromatic carbocycles. The normalized spacial score (nSPS) is 10.6. The van der Waals surface area contributed by atoms with Crippen LogP contribution in [0.25, 0.3) is 11.2 Å². The molecule has 0 fully saturated rings. The van der Waals surface area contributed by atoms with Crippen LogP contribution in [0.2, 0.25) is 0 Å². The van der Waals surface area contributed by atoms with Crippen molar-refractivity contribution in [2.24, 2.45) is 7.05 Å². The molecule has 5 nitrogen and oxygen atoms in total. The van der Waals surface area contributed by atoms with Gasteiger partial charge in [0.2, 0.25) is 5.95 Å². The summed E-state index contributed by atoms with van der Waals surface area (Å²) >= 11 is 0. The summed E-state index contributed by atoms with van der Waals surface area (Å²) in [7, 11) is 1.83. The third-order valence-corrected chi connectivity index (χ3v) is 1.60. The van der Waals surface area contributed by atoms with Crippen LogP contribution in [0.5, 0.6) is 0 Å². The molecule has 2 rings (SSSR count). The second kappa shape index (κ2) is 1.91. The average molecular weight is 149 g/mol. The van der Waals surface area contributed by atoms with Crippen LogP contribution in [-0.2, 0) is 7.05 Å². The molecule has 5 heteroatoms. The molecule has 56 valence electrons. The maximum atomic E-state index is 5.54. The number of nitrogen functional groups attached to an aromatic ring is 1. The molecule has 0 aliphatic carbocycles. The van der Waals surface area contributed by atoms with Crippen molar-refractivity contribution in [1.82, 2.24) is 19.5 Å². The number of hydrogen-bond donors (Lipinski definition) is 1. The van der Waals surface area contributed by atoms with E-state index in [0.717, 1.165) is 5.52 Å². The van der Waals surface area contributed by atoms with Gasteiger partial charge >= 0.3 is 0 Å². The van der Waals surface area contributed by atoms with Crippen LogP contribution in [0.15, 0.2) is 12.5 Å². The zero-order chi connectivity index (χ0) is 7.84. The Morgan fingerprint density at radius 1 is 1.55 bits per heavy atom. The lowest BCUT2D eigenvalue weighted by Crippen LogP contribution is -1.96. The summed E-state index contributed by atoms with van der Waals surface area (Å²) < 4.78 is 1.75. The van der Waals surface area contributed by atoms with E-state index in [-0.39, 0.29) is 0 Å². The first-order chi connectivity index (χ1) is 5.29. The number of nitrogens with two attached hydrogens (primary N) is 1. The number of aromatic nitrogens is 4. The molecular formula is C6H7N5. The number of fused-ring (bicyclic) bond motifs is 1. The molecule has 0 amide bonds. The lowest BCUT2D eigenvalue weighted by Gasteiger charge is -1.92. The van der Waals surface area contributed by atoms with E-state index in [9.17, 15) is 0 Å². The SMILES string of the molecule is Cn1c(N)nc2ncncc21. The Labute approximate surface area is 62.9 Å². The quantitative estimate of drug-likeness (QED) is 0.570. The van der Waals surface area contributed by atoms with Gasteiger partial charge in [-0.15, -0.1) is 0 Å². The summed E-state index contributed by atoms with van der Waals surface area (Å²) in [6, 6.07) is 0. The van der Waals surface area contributed by atoms with Crippen molar-refractivity contribution in [1.29, 1.82) is 0 Å². The van der Waals surface area contributed by atoms with E-state index >= 15 is 0 Å². The van der Waals surface area contributed by atoms with E-state index in [0.29, 0.717) is 11.6 Å². The Morgan fingerprint density at radius 3 is 3.09 bits per heavy atom. The van der Waals surface area contributed by atoms with Crippen molar-refractivity contribution in [2.75, 3.05) is 5.73 Å². The minimum atomic E-state index is 0.459. The van der Waals surface area contributed by atoms with Crippen LogP contribution in [-0.4, -0.2) is 19.5 Å². The van der Waals surface area contributed by atoms with Crippen molar-refractivity contribution in [3.8, 4) is 0 Å². The molecule has 2 aromatic heterocycles. The first kappa shape index (κ1) is 6.09. The standard InChI is InChI=1S/C6H7N5/c1-11-4-2-8-3-9-5(4)10-6(11)7/h2-3H,1H3,(H2,7,8,9,10). The van der Waals surface area contributed by atoms with Crippen LogP contribution < -0.4 is 5.73 Å². The number of hydrogen-bond acceptors (Lipinski definition) is 4. The van der Waals surface area contributed by atoms with Gasteiger partial charge in [-0.1, -0.05) is 0 Å². The lowest BCUT2D eigenvalue weighted by molar-refractivity contribution is 0.961. The number of nitrogens with zero attached hydrogens (tertiary/aromatic N) is 4. The summed E-state index contributed by atoms with van der Waals surface area (Å²) in [4.78, 5) is 11.8. The summed E-state index contributed by atoms with van der Waals surface area (Å²) in [6.07, 6.45) is 3.14. The van der Waals surface area contributed by atoms with E-state index in [2.05, 4.69) is 15.0 Å². The number of imidazole rings is 1. The van der Waals surface area contributed by atoms with Crippen LogP contribution in [0, 0.1) is 0 Å². The maximum absolute atomic E-state index is 5.54. The number of rotatable bonds is 0. The number of aryl methyl sites for hydroxylation is 1. The van der Waals surface area contributed by atoms with Gasteiger partial charge in [0, 0.05) is 7.05 Å². The van der Waals surface area contributed by atoms with Crippen molar-refractivity contribution in [2.45, 2.75) is 0 Å². The Kier molecular flexibility index (Phi) is 1.06. The van der Waals surface area contributed by atoms with Gasteiger partial charge in [0.05, 0.1) is 6.20 Å². The molecule has 2 heterocycles. The lowest BCUT2D eigenvalue weighted by atomic mass is 10.5. The van der Waals surface area contributed by atoms with Crippen molar-refractivity contribution >= 4 is 17.1 Å². The van der Waals surface area contributed by atoms with E-state index in [1.54, 1.807) is 10.8 Å². The van der Waals surface area contributed by atoms with Gasteiger partial charge in [-0.05, 0) is 0 Å². The zero-order valence-electron chi connectivity index (χ0n) is 6.02. The Hall–Kier alpha value is -1.65. The Bertz CT molecular complexity index is 391. The van der Waals surface area contributed by atoms with Gasteiger partial charge in [0.25, 0.3) is 0 Å². The summed E-state index contributed by atoms with van der Waals surface area (Å²) in [5, 5.41) is 0. The molecule has 0 radical (unpaired) electrons. The molecule has 0 aliphatic rings. The predicted octanol–water partition coefficient (Wildman–Crippen LogP) is -0.0545. The second-order valence-electron chi connectivity index (χ2n) is 2.26. The third-order valence-electron chi connectivity index (χ3n) is 1.60. The monoisotopic (exact) mass is 149 g/mol. The van der Waals surface area contributed by atoms with Crippen molar-refractivity contribution in [3.05, 3.63) is 12.5 Å². The molecule has 0 unspecified atom stereocenters. The minimum Gasteiger partial charge on any atom is -0.369 e. The average Bonchev–Trinajstić information content (AvgIpc) is 2.30. The fourth-order valence-corrected chi connectivity index (χ4v) is 0.945. The molecular weight excluding hydrogens is 142 g/mol. The molecule has 0 atom stereocenters. The molecule has 0 aliphatic heterocycles. The highest BCUT2D eigenvalue weighted by Gasteiger charge is 2.03. The fourth-order valence-electron chi connectivity index (χ4n) is 0.945. The highest BCUT2D eigenvalue weighted by Crippen LogP contribution is 2.10. The molecule has 0 spiro atoms. The van der Waals surface area contributed by atoms with Gasteiger partial charge in [0.1, 0.15) is 11.8 Å². The van der Waals surface area contributed by atoms with E-state index < -0.39 is 0 Å². The molecule has 2 N–H and O–H groups in total. The minimum absolute atomic E-state index is 0.459. The number of anilines is 1. The molecule has 0 bridgehead atoms. The first-order valence-electron chi connectivity index (χ1n) is 3.17. The fraction of sp³-hybridized carbons (Fsp3) is 0.167. The maximum Gasteiger partial charge on any atom is 0.202 e. The van der Waals surface area contributed by atoms with Crippen molar-refractivity contribution < 1.29 is 0 Å². The molecule has 11 heavy (non-hydrogen) atoms. The predicted molar refractivity (Wildman–Crippen MR) is 40.7 cm³/mol. The highest BCUT2D eigenvalue weighted by atomic mass is 15.2. The largest absolute Gasteiger partial charge is 0.369 e. The third kappa shape index (κ3) is 0.739. The van der Waals surface area contributed by atoms with Crippen LogP contribution in [0.1, 0.15) is 0 Å². The van der Waals surface area contributed by atoms with Gasteiger partial charge in [0.15, 0.2) is 5.65 Å². The summed E-state index contributed by atoms with van der Waals surface area (Å²) in [6.45, 7) is 0. The summed E-state index contributed by atoms with van der Waals surface area (Å²) in [5.74, 6) is 0.459. The van der Waals surface area contributed by atoms with Gasteiger partial charge in [-0.2, -0.15) is 4.98 Å². The van der Waals surface area contributed by atoms with Gasteiger partial charge in [-0.3, -0.25) is 0 Å². The van der Waals surface area contributed by atoms with Crippen molar-refractivity contribution in [3.63, 3.8) is 0 Å². The van der Waals surface area contributed by atoms with Gasteiger partial charge < -0.3 is 10.3 Å².